The van der Waals surface area contributed by atoms with Gasteiger partial charge in [-0.15, -0.1) is 0 Å². The molecule has 3 rings (SSSR count). The summed E-state index contributed by atoms with van der Waals surface area (Å²) in [5, 5.41) is 3.04. The van der Waals surface area contributed by atoms with E-state index in [9.17, 15) is 4.79 Å². The van der Waals surface area contributed by atoms with Crippen LogP contribution in [0.2, 0.25) is 0 Å². The van der Waals surface area contributed by atoms with Crippen LogP contribution in [0.1, 0.15) is 27.5 Å². The molecule has 0 radical (unpaired) electrons. The van der Waals surface area contributed by atoms with Crippen molar-refractivity contribution < 1.29 is 9.53 Å². The first-order chi connectivity index (χ1) is 11.5. The molecule has 1 heterocycles. The van der Waals surface area contributed by atoms with Gasteiger partial charge in [0.15, 0.2) is 0 Å². The Morgan fingerprint density at radius 2 is 2.00 bits per heavy atom. The van der Waals surface area contributed by atoms with Gasteiger partial charge in [0, 0.05) is 23.0 Å². The molecule has 2 aromatic carbocycles. The normalized spacial score (nSPS) is 14.2. The van der Waals surface area contributed by atoms with Crippen LogP contribution in [0.3, 0.4) is 0 Å². The smallest absolute Gasteiger partial charge is 0.251 e. The number of carbonyl (C=O) groups excluding carboxylic acids is 1. The number of halogens is 1. The van der Waals surface area contributed by atoms with Gasteiger partial charge in [-0.2, -0.15) is 0 Å². The van der Waals surface area contributed by atoms with Crippen LogP contribution in [0.4, 0.5) is 0 Å². The molecule has 0 aromatic heterocycles. The number of fused-ring (bicyclic) bond motifs is 1. The quantitative estimate of drug-likeness (QED) is 0.852. The van der Waals surface area contributed by atoms with Gasteiger partial charge in [-0.05, 0) is 55.6 Å². The van der Waals surface area contributed by atoms with Crippen molar-refractivity contribution in [3.05, 3.63) is 63.6 Å². The second-order valence-corrected chi connectivity index (χ2v) is 7.08. The van der Waals surface area contributed by atoms with Crippen LogP contribution in [0.5, 0.6) is 5.75 Å². The largest absolute Gasteiger partial charge is 0.493 e. The van der Waals surface area contributed by atoms with Crippen LogP contribution in [-0.2, 0) is 6.42 Å². The van der Waals surface area contributed by atoms with Crippen LogP contribution < -0.4 is 10.1 Å². The summed E-state index contributed by atoms with van der Waals surface area (Å²) >= 11 is 3.38. The first kappa shape index (κ1) is 17.0. The third-order valence-corrected chi connectivity index (χ3v) is 4.81. The van der Waals surface area contributed by atoms with E-state index in [-0.39, 0.29) is 11.9 Å². The summed E-state index contributed by atoms with van der Waals surface area (Å²) in [5.74, 6) is 0.925. The molecule has 0 bridgehead atoms. The predicted molar refractivity (Wildman–Crippen MR) is 98.5 cm³/mol. The fraction of sp³-hybridized carbons (Fsp3) is 0.316. The third kappa shape index (κ3) is 3.79. The molecule has 1 unspecified atom stereocenters. The molecule has 1 aliphatic rings. The summed E-state index contributed by atoms with van der Waals surface area (Å²) in [4.78, 5) is 14.5. The van der Waals surface area contributed by atoms with Gasteiger partial charge < -0.3 is 15.0 Å². The maximum Gasteiger partial charge on any atom is 0.251 e. The van der Waals surface area contributed by atoms with Crippen molar-refractivity contribution in [1.82, 2.24) is 10.2 Å². The third-order valence-electron chi connectivity index (χ3n) is 4.28. The lowest BCUT2D eigenvalue weighted by atomic mass is 10.0. The Kier molecular flexibility index (Phi) is 5.21. The summed E-state index contributed by atoms with van der Waals surface area (Å²) in [7, 11) is 4.06. The molecule has 0 saturated carbocycles. The van der Waals surface area contributed by atoms with E-state index in [4.69, 9.17) is 4.74 Å². The van der Waals surface area contributed by atoms with Crippen LogP contribution >= 0.6 is 15.9 Å². The number of hydrogen-bond donors (Lipinski definition) is 1. The molecule has 1 amide bonds. The molecule has 126 valence electrons. The number of benzene rings is 2. The molecule has 1 aliphatic heterocycles. The van der Waals surface area contributed by atoms with Crippen LogP contribution in [0.15, 0.2) is 46.9 Å². The van der Waals surface area contributed by atoms with E-state index in [0.717, 1.165) is 23.2 Å². The number of rotatable bonds is 5. The topological polar surface area (TPSA) is 41.6 Å². The van der Waals surface area contributed by atoms with Crippen molar-refractivity contribution in [3.8, 4) is 5.75 Å². The standard InChI is InChI=1S/C19H21BrN2O2/c1-22(2)17(14-5-8-18-15(11-14)9-10-24-18)12-21-19(23)13-3-6-16(20)7-4-13/h3-8,11,17H,9-10,12H2,1-2H3,(H,21,23). The molecule has 4 nitrogen and oxygen atoms in total. The average Bonchev–Trinajstić information content (AvgIpc) is 3.03. The minimum atomic E-state index is -0.0566. The number of likely N-dealkylation sites (N-methyl/N-ethyl adjacent to an activating group) is 1. The summed E-state index contributed by atoms with van der Waals surface area (Å²) in [6, 6.07) is 13.8. The molecule has 0 saturated heterocycles. The number of ether oxygens (including phenoxy) is 1. The number of nitrogens with one attached hydrogen (secondary N) is 1. The summed E-state index contributed by atoms with van der Waals surface area (Å²) in [5.41, 5.74) is 3.11. The van der Waals surface area contributed by atoms with Crippen molar-refractivity contribution in [2.24, 2.45) is 0 Å². The highest BCUT2D eigenvalue weighted by Gasteiger charge is 2.19. The fourth-order valence-electron chi connectivity index (χ4n) is 2.91. The van der Waals surface area contributed by atoms with Crippen molar-refractivity contribution >= 4 is 21.8 Å². The average molecular weight is 389 g/mol. The monoisotopic (exact) mass is 388 g/mol. The Bertz CT molecular complexity index is 729. The van der Waals surface area contributed by atoms with Gasteiger partial charge in [0.1, 0.15) is 5.75 Å². The maximum absolute atomic E-state index is 12.3. The number of nitrogens with zero attached hydrogens (tertiary/aromatic N) is 1. The van der Waals surface area contributed by atoms with Crippen LogP contribution in [-0.4, -0.2) is 38.1 Å². The van der Waals surface area contributed by atoms with Crippen molar-refractivity contribution in [3.63, 3.8) is 0 Å². The lowest BCUT2D eigenvalue weighted by Gasteiger charge is -2.25. The van der Waals surface area contributed by atoms with Crippen molar-refractivity contribution in [1.29, 1.82) is 0 Å². The second kappa shape index (κ2) is 7.36. The first-order valence-electron chi connectivity index (χ1n) is 8.00. The van der Waals surface area contributed by atoms with Gasteiger partial charge in [-0.25, -0.2) is 0 Å². The van der Waals surface area contributed by atoms with E-state index in [0.29, 0.717) is 12.1 Å². The predicted octanol–water partition coefficient (Wildman–Crippen LogP) is 3.42. The van der Waals surface area contributed by atoms with Gasteiger partial charge in [-0.1, -0.05) is 28.1 Å². The molecule has 1 N–H and O–H groups in total. The van der Waals surface area contributed by atoms with Gasteiger partial charge >= 0.3 is 0 Å². The van der Waals surface area contributed by atoms with Gasteiger partial charge in [0.2, 0.25) is 0 Å². The van der Waals surface area contributed by atoms with Crippen molar-refractivity contribution in [2.45, 2.75) is 12.5 Å². The van der Waals surface area contributed by atoms with E-state index in [1.807, 2.05) is 44.4 Å². The molecular formula is C19H21BrN2O2. The SMILES string of the molecule is CN(C)C(CNC(=O)c1ccc(Br)cc1)c1ccc2c(c1)CCO2. The summed E-state index contributed by atoms with van der Waals surface area (Å²) < 4.78 is 6.54. The maximum atomic E-state index is 12.3. The summed E-state index contributed by atoms with van der Waals surface area (Å²) in [6.07, 6.45) is 0.953. The molecule has 0 spiro atoms. The summed E-state index contributed by atoms with van der Waals surface area (Å²) in [6.45, 7) is 1.31. The Morgan fingerprint density at radius 3 is 2.71 bits per heavy atom. The van der Waals surface area contributed by atoms with Gasteiger partial charge in [0.25, 0.3) is 5.91 Å². The Labute approximate surface area is 150 Å². The highest BCUT2D eigenvalue weighted by molar-refractivity contribution is 9.10. The zero-order valence-electron chi connectivity index (χ0n) is 13.9. The molecular weight excluding hydrogens is 368 g/mol. The lowest BCUT2D eigenvalue weighted by molar-refractivity contribution is 0.0942. The van der Waals surface area contributed by atoms with Gasteiger partial charge in [0.05, 0.1) is 12.6 Å². The minimum absolute atomic E-state index is 0.0566. The minimum Gasteiger partial charge on any atom is -0.493 e. The van der Waals surface area contributed by atoms with E-state index >= 15 is 0 Å². The number of hydrogen-bond acceptors (Lipinski definition) is 3. The number of carbonyl (C=O) groups is 1. The Balaban J connectivity index is 1.70. The zero-order chi connectivity index (χ0) is 17.1. The number of amides is 1. The Hall–Kier alpha value is -1.85. The molecule has 1 atom stereocenters. The van der Waals surface area contributed by atoms with Gasteiger partial charge in [-0.3, -0.25) is 4.79 Å². The van der Waals surface area contributed by atoms with Crippen LogP contribution in [0, 0.1) is 0 Å². The first-order valence-corrected chi connectivity index (χ1v) is 8.79. The Morgan fingerprint density at radius 1 is 1.25 bits per heavy atom. The van der Waals surface area contributed by atoms with Crippen molar-refractivity contribution in [2.75, 3.05) is 27.2 Å². The van der Waals surface area contributed by atoms with E-state index < -0.39 is 0 Å². The lowest BCUT2D eigenvalue weighted by Crippen LogP contribution is -2.34. The molecule has 24 heavy (non-hydrogen) atoms. The molecule has 5 heteroatoms. The second-order valence-electron chi connectivity index (χ2n) is 6.16. The van der Waals surface area contributed by atoms with E-state index in [1.54, 1.807) is 0 Å². The zero-order valence-corrected chi connectivity index (χ0v) is 15.5. The molecule has 0 fully saturated rings. The molecule has 2 aromatic rings. The highest BCUT2D eigenvalue weighted by Crippen LogP contribution is 2.29. The fourth-order valence-corrected chi connectivity index (χ4v) is 3.17. The molecule has 0 aliphatic carbocycles. The van der Waals surface area contributed by atoms with Crippen LogP contribution in [0.25, 0.3) is 0 Å². The van der Waals surface area contributed by atoms with E-state index in [1.165, 1.54) is 11.1 Å². The highest BCUT2D eigenvalue weighted by atomic mass is 79.9. The van der Waals surface area contributed by atoms with E-state index in [2.05, 4.69) is 38.3 Å².